The van der Waals surface area contributed by atoms with E-state index in [9.17, 15) is 9.59 Å². The van der Waals surface area contributed by atoms with Crippen LogP contribution in [0.15, 0.2) is 36.4 Å². The lowest BCUT2D eigenvalue weighted by molar-refractivity contribution is -0.118. The number of benzene rings is 2. The van der Waals surface area contributed by atoms with Gasteiger partial charge in [0.2, 0.25) is 0 Å². The number of ether oxygens (including phenoxy) is 2. The molecule has 0 atom stereocenters. The number of carboxylic acids is 1. The molecule has 1 amide bonds. The van der Waals surface area contributed by atoms with Crippen molar-refractivity contribution in [1.82, 2.24) is 0 Å². The van der Waals surface area contributed by atoms with Crippen LogP contribution in [0.5, 0.6) is 11.5 Å². The number of carbonyl (C=O) groups excluding carboxylic acids is 1. The number of methoxy groups -OCH3 is 1. The molecule has 0 bridgehead atoms. The third-order valence-corrected chi connectivity index (χ3v) is 3.28. The van der Waals surface area contributed by atoms with Crippen molar-refractivity contribution in [3.63, 3.8) is 0 Å². The van der Waals surface area contributed by atoms with Crippen LogP contribution in [-0.2, 0) is 4.79 Å². The molecule has 0 fully saturated rings. The molecule has 126 valence electrons. The van der Waals surface area contributed by atoms with Crippen LogP contribution >= 0.6 is 0 Å². The van der Waals surface area contributed by atoms with Gasteiger partial charge in [0.15, 0.2) is 6.61 Å². The van der Waals surface area contributed by atoms with Crippen molar-refractivity contribution in [1.29, 1.82) is 0 Å². The molecule has 2 aromatic carbocycles. The maximum atomic E-state index is 12.0. The highest BCUT2D eigenvalue weighted by Gasteiger charge is 2.14. The summed E-state index contributed by atoms with van der Waals surface area (Å²) in [4.78, 5) is 23.2. The Hall–Kier alpha value is -3.02. The number of rotatable bonds is 6. The number of nitrogens with one attached hydrogen (secondary N) is 1. The van der Waals surface area contributed by atoms with Gasteiger partial charge < -0.3 is 19.9 Å². The first-order valence-electron chi connectivity index (χ1n) is 7.31. The highest BCUT2D eigenvalue weighted by atomic mass is 16.5. The molecule has 0 saturated carbocycles. The normalized spacial score (nSPS) is 10.1. The molecule has 2 N–H and O–H groups in total. The van der Waals surface area contributed by atoms with Gasteiger partial charge in [0.25, 0.3) is 5.91 Å². The van der Waals surface area contributed by atoms with Gasteiger partial charge in [0.1, 0.15) is 17.1 Å². The van der Waals surface area contributed by atoms with E-state index >= 15 is 0 Å². The molecule has 6 heteroatoms. The molecule has 0 heterocycles. The summed E-state index contributed by atoms with van der Waals surface area (Å²) in [5.74, 6) is -0.983. The maximum Gasteiger partial charge on any atom is 0.339 e. The van der Waals surface area contributed by atoms with Crippen molar-refractivity contribution in [3.8, 4) is 11.5 Å². The molecule has 0 aliphatic rings. The highest BCUT2D eigenvalue weighted by molar-refractivity contribution is 5.93. The molecule has 6 nitrogen and oxygen atoms in total. The second-order valence-corrected chi connectivity index (χ2v) is 5.38. The van der Waals surface area contributed by atoms with Crippen LogP contribution in [0.4, 0.5) is 5.69 Å². The fraction of sp³-hybridized carbons (Fsp3) is 0.222. The Morgan fingerprint density at radius 2 is 1.75 bits per heavy atom. The summed E-state index contributed by atoms with van der Waals surface area (Å²) in [5.41, 5.74) is 2.71. The highest BCUT2D eigenvalue weighted by Crippen LogP contribution is 2.25. The van der Waals surface area contributed by atoms with Crippen LogP contribution < -0.4 is 14.8 Å². The number of aryl methyl sites for hydroxylation is 2. The van der Waals surface area contributed by atoms with Crippen LogP contribution in [0.1, 0.15) is 21.5 Å². The van der Waals surface area contributed by atoms with Crippen molar-refractivity contribution in [2.75, 3.05) is 19.0 Å². The molecular weight excluding hydrogens is 310 g/mol. The molecule has 0 aliphatic carbocycles. The average Bonchev–Trinajstić information content (AvgIpc) is 2.51. The summed E-state index contributed by atoms with van der Waals surface area (Å²) in [6, 6.07) is 10.0. The van der Waals surface area contributed by atoms with Gasteiger partial charge in [-0.05, 0) is 49.2 Å². The van der Waals surface area contributed by atoms with Gasteiger partial charge in [-0.2, -0.15) is 0 Å². The number of carboxylic acid groups (broad SMARTS) is 1. The van der Waals surface area contributed by atoms with Crippen molar-refractivity contribution >= 4 is 17.6 Å². The first-order valence-corrected chi connectivity index (χ1v) is 7.31. The Morgan fingerprint density at radius 1 is 1.08 bits per heavy atom. The number of carbonyl (C=O) groups is 2. The summed E-state index contributed by atoms with van der Waals surface area (Å²) in [5, 5.41) is 11.9. The minimum atomic E-state index is -1.14. The van der Waals surface area contributed by atoms with Gasteiger partial charge in [-0.3, -0.25) is 4.79 Å². The van der Waals surface area contributed by atoms with E-state index in [0.717, 1.165) is 11.1 Å². The maximum absolute atomic E-state index is 12.0. The number of aromatic carboxylic acids is 1. The van der Waals surface area contributed by atoms with E-state index in [1.807, 2.05) is 32.0 Å². The zero-order chi connectivity index (χ0) is 17.7. The van der Waals surface area contributed by atoms with E-state index in [0.29, 0.717) is 11.4 Å². The van der Waals surface area contributed by atoms with Gasteiger partial charge >= 0.3 is 5.97 Å². The summed E-state index contributed by atoms with van der Waals surface area (Å²) in [7, 11) is 1.46. The first-order chi connectivity index (χ1) is 11.4. The fourth-order valence-electron chi connectivity index (χ4n) is 2.31. The second kappa shape index (κ2) is 7.50. The molecule has 2 aromatic rings. The molecule has 24 heavy (non-hydrogen) atoms. The Bertz CT molecular complexity index is 750. The summed E-state index contributed by atoms with van der Waals surface area (Å²) < 4.78 is 10.4. The zero-order valence-electron chi connectivity index (χ0n) is 13.8. The molecule has 0 aliphatic heterocycles. The van der Waals surface area contributed by atoms with E-state index in [2.05, 4.69) is 5.32 Å². The van der Waals surface area contributed by atoms with E-state index in [-0.39, 0.29) is 23.8 Å². The topological polar surface area (TPSA) is 84.9 Å². The summed E-state index contributed by atoms with van der Waals surface area (Å²) in [6.45, 7) is 3.57. The van der Waals surface area contributed by atoms with Gasteiger partial charge in [-0.25, -0.2) is 4.79 Å². The van der Waals surface area contributed by atoms with Crippen molar-refractivity contribution < 1.29 is 24.2 Å². The van der Waals surface area contributed by atoms with Gasteiger partial charge in [0, 0.05) is 11.8 Å². The van der Waals surface area contributed by atoms with Crippen LogP contribution in [0, 0.1) is 13.8 Å². The quantitative estimate of drug-likeness (QED) is 0.851. The van der Waals surface area contributed by atoms with Gasteiger partial charge in [-0.15, -0.1) is 0 Å². The van der Waals surface area contributed by atoms with Crippen molar-refractivity contribution in [3.05, 3.63) is 53.1 Å². The first kappa shape index (κ1) is 17.3. The Morgan fingerprint density at radius 3 is 2.33 bits per heavy atom. The summed E-state index contributed by atoms with van der Waals surface area (Å²) >= 11 is 0. The number of hydrogen-bond acceptors (Lipinski definition) is 4. The fourth-order valence-corrected chi connectivity index (χ4v) is 2.31. The van der Waals surface area contributed by atoms with Crippen LogP contribution in [-0.4, -0.2) is 30.7 Å². The zero-order valence-corrected chi connectivity index (χ0v) is 13.8. The van der Waals surface area contributed by atoms with Crippen molar-refractivity contribution in [2.45, 2.75) is 13.8 Å². The lowest BCUT2D eigenvalue weighted by Crippen LogP contribution is -2.21. The Labute approximate surface area is 140 Å². The van der Waals surface area contributed by atoms with Gasteiger partial charge in [0.05, 0.1) is 7.11 Å². The predicted octanol–water partition coefficient (Wildman–Crippen LogP) is 3.03. The lowest BCUT2D eigenvalue weighted by atomic mass is 10.1. The third kappa shape index (κ3) is 4.49. The van der Waals surface area contributed by atoms with Crippen LogP contribution in [0.2, 0.25) is 0 Å². The van der Waals surface area contributed by atoms with E-state index in [4.69, 9.17) is 14.6 Å². The Balaban J connectivity index is 2.07. The standard InChI is InChI=1S/C18H19NO5/c1-11-6-12(2)8-13(7-11)19-17(20)10-24-16-9-14(23-3)4-5-15(16)18(21)22/h4-9H,10H2,1-3H3,(H,19,20)(H,21,22). The lowest BCUT2D eigenvalue weighted by Gasteiger charge is -2.11. The Kier molecular flexibility index (Phi) is 5.42. The molecule has 2 rings (SSSR count). The molecular formula is C18H19NO5. The molecule has 0 saturated heterocycles. The summed E-state index contributed by atoms with van der Waals surface area (Å²) in [6.07, 6.45) is 0. The van der Waals surface area contributed by atoms with Gasteiger partial charge in [-0.1, -0.05) is 6.07 Å². The largest absolute Gasteiger partial charge is 0.497 e. The van der Waals surface area contributed by atoms with E-state index < -0.39 is 5.97 Å². The SMILES string of the molecule is COc1ccc(C(=O)O)c(OCC(=O)Nc2cc(C)cc(C)c2)c1. The molecule has 0 unspecified atom stereocenters. The number of hydrogen-bond donors (Lipinski definition) is 2. The average molecular weight is 329 g/mol. The minimum Gasteiger partial charge on any atom is -0.497 e. The molecule has 0 spiro atoms. The third-order valence-electron chi connectivity index (χ3n) is 3.28. The van der Waals surface area contributed by atoms with Crippen LogP contribution in [0.3, 0.4) is 0 Å². The molecule has 0 radical (unpaired) electrons. The van der Waals surface area contributed by atoms with Crippen molar-refractivity contribution in [2.24, 2.45) is 0 Å². The number of amides is 1. The minimum absolute atomic E-state index is 0.0324. The van der Waals surface area contributed by atoms with Crippen LogP contribution in [0.25, 0.3) is 0 Å². The molecule has 0 aromatic heterocycles. The monoisotopic (exact) mass is 329 g/mol. The van der Waals surface area contributed by atoms with E-state index in [1.54, 1.807) is 0 Å². The second-order valence-electron chi connectivity index (χ2n) is 5.38. The smallest absolute Gasteiger partial charge is 0.339 e. The van der Waals surface area contributed by atoms with E-state index in [1.165, 1.54) is 25.3 Å². The predicted molar refractivity (Wildman–Crippen MR) is 90.0 cm³/mol. The number of anilines is 1.